The predicted molar refractivity (Wildman–Crippen MR) is 70.0 cm³/mol. The average molecular weight is 311 g/mol. The molecule has 0 radical (unpaired) electrons. The van der Waals surface area contributed by atoms with E-state index in [0.717, 1.165) is 17.1 Å². The Hall–Kier alpha value is -1.53. The minimum atomic E-state index is 0.398. The topological polar surface area (TPSA) is 61.3 Å². The SMILES string of the molecule is COCCOc1ncc2cncc(C=O)c2c1Br. The monoisotopic (exact) mass is 310 g/mol. The summed E-state index contributed by atoms with van der Waals surface area (Å²) in [4.78, 5) is 19.2. The normalized spacial score (nSPS) is 10.6. The van der Waals surface area contributed by atoms with Gasteiger partial charge in [-0.1, -0.05) is 0 Å². The van der Waals surface area contributed by atoms with Crippen LogP contribution < -0.4 is 4.74 Å². The lowest BCUT2D eigenvalue weighted by molar-refractivity contribution is 0.112. The second-order valence-corrected chi connectivity index (χ2v) is 4.32. The Bertz CT molecular complexity index is 574. The van der Waals surface area contributed by atoms with Crippen LogP contribution in [0.5, 0.6) is 5.88 Å². The molecule has 0 aliphatic heterocycles. The number of aldehydes is 1. The van der Waals surface area contributed by atoms with Gasteiger partial charge in [0.1, 0.15) is 6.61 Å². The molecule has 94 valence electrons. The van der Waals surface area contributed by atoms with Gasteiger partial charge < -0.3 is 9.47 Å². The molecule has 2 aromatic heterocycles. The molecular weight excluding hydrogens is 300 g/mol. The van der Waals surface area contributed by atoms with E-state index in [0.29, 0.717) is 29.1 Å². The van der Waals surface area contributed by atoms with Gasteiger partial charge in [-0.3, -0.25) is 9.78 Å². The number of hydrogen-bond donors (Lipinski definition) is 0. The van der Waals surface area contributed by atoms with Crippen LogP contribution in [0, 0.1) is 0 Å². The highest BCUT2D eigenvalue weighted by atomic mass is 79.9. The molecule has 0 saturated carbocycles. The summed E-state index contributed by atoms with van der Waals surface area (Å²) in [5.74, 6) is 0.439. The number of ether oxygens (including phenoxy) is 2. The van der Waals surface area contributed by atoms with Crippen LogP contribution in [0.3, 0.4) is 0 Å². The summed E-state index contributed by atoms with van der Waals surface area (Å²) in [7, 11) is 1.60. The highest BCUT2D eigenvalue weighted by Gasteiger charge is 2.11. The van der Waals surface area contributed by atoms with Gasteiger partial charge in [0.05, 0.1) is 11.1 Å². The lowest BCUT2D eigenvalue weighted by atomic mass is 10.1. The Morgan fingerprint density at radius 1 is 1.33 bits per heavy atom. The second kappa shape index (κ2) is 5.88. The van der Waals surface area contributed by atoms with Crippen LogP contribution in [-0.2, 0) is 4.74 Å². The molecule has 0 spiro atoms. The average Bonchev–Trinajstić information content (AvgIpc) is 2.41. The summed E-state index contributed by atoms with van der Waals surface area (Å²) in [6, 6.07) is 0. The smallest absolute Gasteiger partial charge is 0.228 e. The van der Waals surface area contributed by atoms with Crippen molar-refractivity contribution in [3.63, 3.8) is 0 Å². The lowest BCUT2D eigenvalue weighted by Crippen LogP contribution is -2.06. The molecule has 0 amide bonds. The van der Waals surface area contributed by atoms with Crippen molar-refractivity contribution < 1.29 is 14.3 Å². The molecule has 0 aliphatic carbocycles. The number of nitrogens with zero attached hydrogens (tertiary/aromatic N) is 2. The van der Waals surface area contributed by atoms with E-state index in [1.54, 1.807) is 19.5 Å². The first-order chi connectivity index (χ1) is 8.77. The molecule has 5 nitrogen and oxygen atoms in total. The zero-order chi connectivity index (χ0) is 13.0. The van der Waals surface area contributed by atoms with Crippen molar-refractivity contribution in [3.05, 3.63) is 28.6 Å². The van der Waals surface area contributed by atoms with Crippen molar-refractivity contribution >= 4 is 33.0 Å². The van der Waals surface area contributed by atoms with Crippen molar-refractivity contribution in [1.82, 2.24) is 9.97 Å². The Morgan fingerprint density at radius 2 is 2.17 bits per heavy atom. The van der Waals surface area contributed by atoms with Crippen LogP contribution in [0.15, 0.2) is 23.1 Å². The van der Waals surface area contributed by atoms with E-state index in [2.05, 4.69) is 25.9 Å². The maximum Gasteiger partial charge on any atom is 0.228 e. The number of rotatable bonds is 5. The van der Waals surface area contributed by atoms with E-state index in [-0.39, 0.29) is 0 Å². The third-order valence-electron chi connectivity index (χ3n) is 2.39. The molecule has 2 rings (SSSR count). The predicted octanol–water partition coefficient (Wildman–Crippen LogP) is 2.23. The Kier molecular flexibility index (Phi) is 4.22. The highest BCUT2D eigenvalue weighted by molar-refractivity contribution is 9.10. The van der Waals surface area contributed by atoms with Gasteiger partial charge in [0.25, 0.3) is 0 Å². The van der Waals surface area contributed by atoms with Gasteiger partial charge in [-0.2, -0.15) is 0 Å². The minimum Gasteiger partial charge on any atom is -0.474 e. The molecule has 0 aromatic carbocycles. The van der Waals surface area contributed by atoms with E-state index in [4.69, 9.17) is 9.47 Å². The molecular formula is C12H11BrN2O3. The first kappa shape index (κ1) is 12.9. The molecule has 0 N–H and O–H groups in total. The van der Waals surface area contributed by atoms with Gasteiger partial charge >= 0.3 is 0 Å². The van der Waals surface area contributed by atoms with Crippen molar-refractivity contribution in [2.45, 2.75) is 0 Å². The summed E-state index contributed by atoms with van der Waals surface area (Å²) >= 11 is 3.41. The number of halogens is 1. The molecule has 0 saturated heterocycles. The van der Waals surface area contributed by atoms with E-state index in [1.807, 2.05) is 0 Å². The fourth-order valence-electron chi connectivity index (χ4n) is 1.55. The van der Waals surface area contributed by atoms with Gasteiger partial charge in [-0.05, 0) is 15.9 Å². The van der Waals surface area contributed by atoms with Crippen LogP contribution in [0.25, 0.3) is 10.8 Å². The number of methoxy groups -OCH3 is 1. The number of hydrogen-bond acceptors (Lipinski definition) is 5. The van der Waals surface area contributed by atoms with Crippen LogP contribution in [0.4, 0.5) is 0 Å². The number of fused-ring (bicyclic) bond motifs is 1. The lowest BCUT2D eigenvalue weighted by Gasteiger charge is -2.09. The molecule has 6 heteroatoms. The minimum absolute atomic E-state index is 0.398. The molecule has 0 bridgehead atoms. The van der Waals surface area contributed by atoms with Crippen molar-refractivity contribution in [2.24, 2.45) is 0 Å². The second-order valence-electron chi connectivity index (χ2n) is 3.53. The number of carbonyl (C=O) groups is 1. The number of pyridine rings is 2. The Balaban J connectivity index is 2.45. The summed E-state index contributed by atoms with van der Waals surface area (Å²) < 4.78 is 11.0. The summed E-state index contributed by atoms with van der Waals surface area (Å²) in [5.41, 5.74) is 0.498. The third-order valence-corrected chi connectivity index (χ3v) is 3.12. The standard InChI is InChI=1S/C12H11BrN2O3/c1-17-2-3-18-12-11(13)10-8(6-15-12)4-14-5-9(10)7-16/h4-7H,2-3H2,1H3. The van der Waals surface area contributed by atoms with Crippen LogP contribution in [0.2, 0.25) is 0 Å². The zero-order valence-corrected chi connectivity index (χ0v) is 11.3. The first-order valence-corrected chi connectivity index (χ1v) is 6.06. The summed E-state index contributed by atoms with van der Waals surface area (Å²) in [6.07, 6.45) is 5.55. The molecule has 0 aliphatic rings. The molecule has 2 heterocycles. The number of carbonyl (C=O) groups excluding carboxylic acids is 1. The fourth-order valence-corrected chi connectivity index (χ4v) is 2.22. The van der Waals surface area contributed by atoms with E-state index >= 15 is 0 Å². The first-order valence-electron chi connectivity index (χ1n) is 5.27. The number of aromatic nitrogens is 2. The molecule has 0 atom stereocenters. The third kappa shape index (κ3) is 2.49. The maximum atomic E-state index is 11.0. The van der Waals surface area contributed by atoms with Crippen molar-refractivity contribution in [1.29, 1.82) is 0 Å². The van der Waals surface area contributed by atoms with Crippen LogP contribution >= 0.6 is 15.9 Å². The molecule has 18 heavy (non-hydrogen) atoms. The molecule has 2 aromatic rings. The Morgan fingerprint density at radius 3 is 2.89 bits per heavy atom. The summed E-state index contributed by atoms with van der Waals surface area (Å²) in [6.45, 7) is 0.873. The van der Waals surface area contributed by atoms with E-state index < -0.39 is 0 Å². The summed E-state index contributed by atoms with van der Waals surface area (Å²) in [5, 5.41) is 1.54. The van der Waals surface area contributed by atoms with Crippen LogP contribution in [-0.4, -0.2) is 36.6 Å². The zero-order valence-electron chi connectivity index (χ0n) is 9.72. The Labute approximate surface area is 112 Å². The highest BCUT2D eigenvalue weighted by Crippen LogP contribution is 2.32. The van der Waals surface area contributed by atoms with Gasteiger partial charge in [-0.25, -0.2) is 4.98 Å². The quantitative estimate of drug-likeness (QED) is 0.626. The van der Waals surface area contributed by atoms with Crippen molar-refractivity contribution in [2.75, 3.05) is 20.3 Å². The molecule has 0 unspecified atom stereocenters. The van der Waals surface area contributed by atoms with E-state index in [1.165, 1.54) is 6.20 Å². The molecule has 0 fully saturated rings. The van der Waals surface area contributed by atoms with Gasteiger partial charge in [0.15, 0.2) is 6.29 Å². The largest absolute Gasteiger partial charge is 0.474 e. The van der Waals surface area contributed by atoms with Gasteiger partial charge in [-0.15, -0.1) is 0 Å². The maximum absolute atomic E-state index is 11.0. The van der Waals surface area contributed by atoms with E-state index in [9.17, 15) is 4.79 Å². The fraction of sp³-hybridized carbons (Fsp3) is 0.250. The van der Waals surface area contributed by atoms with Crippen molar-refractivity contribution in [3.8, 4) is 5.88 Å². The van der Waals surface area contributed by atoms with Crippen LogP contribution in [0.1, 0.15) is 10.4 Å². The van der Waals surface area contributed by atoms with Gasteiger partial charge in [0.2, 0.25) is 5.88 Å². The van der Waals surface area contributed by atoms with Gasteiger partial charge in [0, 0.05) is 42.0 Å².